The Labute approximate surface area is 241 Å². The minimum atomic E-state index is -5.32. The Kier molecular flexibility index (Phi) is 7.62. The molecule has 0 aliphatic carbocycles. The molecule has 0 amide bonds. The van der Waals surface area contributed by atoms with E-state index in [0.29, 0.717) is 36.2 Å². The zero-order valence-corrected chi connectivity index (χ0v) is 23.5. The lowest BCUT2D eigenvalue weighted by atomic mass is 10.1. The lowest BCUT2D eigenvalue weighted by Crippen LogP contribution is -2.41. The van der Waals surface area contributed by atoms with E-state index in [-0.39, 0.29) is 27.7 Å². The summed E-state index contributed by atoms with van der Waals surface area (Å²) < 4.78 is 47.8. The molecule has 5 rings (SSSR count). The van der Waals surface area contributed by atoms with Crippen molar-refractivity contribution >= 4 is 40.5 Å². The van der Waals surface area contributed by atoms with Gasteiger partial charge < -0.3 is 15.0 Å². The maximum atomic E-state index is 14.0. The topological polar surface area (TPSA) is 120 Å². The molecule has 2 aliphatic rings. The highest BCUT2D eigenvalue weighted by atomic mass is 35.5. The van der Waals surface area contributed by atoms with Gasteiger partial charge in [0, 0.05) is 37.9 Å². The first-order chi connectivity index (χ1) is 19.8. The van der Waals surface area contributed by atoms with Crippen LogP contribution in [0.5, 0.6) is 0 Å². The number of aromatic nitrogens is 4. The van der Waals surface area contributed by atoms with Gasteiger partial charge in [-0.3, -0.25) is 23.3 Å². The minimum absolute atomic E-state index is 0.0125. The first-order valence-electron chi connectivity index (χ1n) is 12.9. The highest BCUT2D eigenvalue weighted by Gasteiger charge is 2.43. The lowest BCUT2D eigenvalue weighted by molar-refractivity contribution is -0.206. The smallest absolute Gasteiger partial charge is 0.431 e. The maximum Gasteiger partial charge on any atom is 0.491 e. The summed E-state index contributed by atoms with van der Waals surface area (Å²) in [4.78, 5) is 58.8. The molecule has 0 saturated heterocycles. The average Bonchev–Trinajstić information content (AvgIpc) is 3.63. The van der Waals surface area contributed by atoms with E-state index in [9.17, 15) is 32.3 Å². The molecule has 0 radical (unpaired) electrons. The van der Waals surface area contributed by atoms with Crippen molar-refractivity contribution < 1.29 is 27.5 Å². The predicted molar refractivity (Wildman–Crippen MR) is 147 cm³/mol. The normalized spacial score (nSPS) is 15.7. The van der Waals surface area contributed by atoms with Crippen molar-refractivity contribution in [2.45, 2.75) is 39.2 Å². The largest absolute Gasteiger partial charge is 0.491 e. The number of nitrogens with zero attached hydrogens (tertiary/aromatic N) is 5. The highest BCUT2D eigenvalue weighted by molar-refractivity contribution is 6.33. The third kappa shape index (κ3) is 5.15. The minimum Gasteiger partial charge on any atom is -0.431 e. The van der Waals surface area contributed by atoms with Crippen molar-refractivity contribution in [3.8, 4) is 0 Å². The summed E-state index contributed by atoms with van der Waals surface area (Å²) in [7, 11) is 1.32. The standard InChI is InChI=1S/C27H26ClF3N6O5/c1-14(2)10-20(42-24(40)27(29,30)31)37-21-22(33-25(37)35-9-8-15-11-32-12-18(15)35)34(3)26(41)36(23(21)39)13-19(38)16-6-4-5-7-17(16)28/h4-7,10,20,32H,8-9,11-13H2,1-3H3. The van der Waals surface area contributed by atoms with Gasteiger partial charge in [0.1, 0.15) is 0 Å². The number of alkyl halides is 3. The van der Waals surface area contributed by atoms with Crippen LogP contribution in [-0.4, -0.2) is 56.2 Å². The molecule has 222 valence electrons. The lowest BCUT2D eigenvalue weighted by Gasteiger charge is -2.25. The number of rotatable bonds is 7. The van der Waals surface area contributed by atoms with Crippen LogP contribution < -0.4 is 21.5 Å². The number of fused-ring (bicyclic) bond motifs is 1. The molecule has 1 atom stereocenters. The Morgan fingerprint density at radius 3 is 2.57 bits per heavy atom. The summed E-state index contributed by atoms with van der Waals surface area (Å²) in [6.07, 6.45) is -5.20. The quantitative estimate of drug-likeness (QED) is 0.248. The summed E-state index contributed by atoms with van der Waals surface area (Å²) in [5, 5.41) is 3.32. The van der Waals surface area contributed by atoms with Gasteiger partial charge in [0.2, 0.25) is 12.2 Å². The zero-order valence-electron chi connectivity index (χ0n) is 22.8. The number of Topliss-reactive ketones (excluding diaryl/α,β-unsaturated/α-hetero) is 1. The number of allylic oxidation sites excluding steroid dienone is 1. The summed E-state index contributed by atoms with van der Waals surface area (Å²) in [5.41, 5.74) is 0.0904. The maximum absolute atomic E-state index is 14.0. The molecule has 2 aliphatic heterocycles. The number of benzene rings is 1. The van der Waals surface area contributed by atoms with Crippen LogP contribution in [-0.2, 0) is 23.1 Å². The van der Waals surface area contributed by atoms with Crippen molar-refractivity contribution in [3.05, 3.63) is 78.6 Å². The van der Waals surface area contributed by atoms with Crippen molar-refractivity contribution in [2.24, 2.45) is 7.05 Å². The molecule has 1 unspecified atom stereocenters. The first kappa shape index (κ1) is 29.3. The zero-order chi connectivity index (χ0) is 30.5. The van der Waals surface area contributed by atoms with E-state index in [0.717, 1.165) is 20.4 Å². The van der Waals surface area contributed by atoms with Crippen molar-refractivity contribution in [1.29, 1.82) is 0 Å². The van der Waals surface area contributed by atoms with Crippen LogP contribution in [0.3, 0.4) is 0 Å². The van der Waals surface area contributed by atoms with Gasteiger partial charge in [-0.15, -0.1) is 0 Å². The second-order valence-corrected chi connectivity index (χ2v) is 10.6. The van der Waals surface area contributed by atoms with Gasteiger partial charge in [-0.25, -0.2) is 9.59 Å². The van der Waals surface area contributed by atoms with Crippen LogP contribution in [0.2, 0.25) is 5.02 Å². The molecule has 42 heavy (non-hydrogen) atoms. The molecular formula is C27H26ClF3N6O5. The number of carbonyl (C=O) groups excluding carboxylic acids is 2. The molecule has 1 aromatic carbocycles. The van der Waals surface area contributed by atoms with Gasteiger partial charge >= 0.3 is 17.8 Å². The van der Waals surface area contributed by atoms with E-state index >= 15 is 0 Å². The molecule has 11 nitrogen and oxygen atoms in total. The third-order valence-corrected chi connectivity index (χ3v) is 7.40. The van der Waals surface area contributed by atoms with Gasteiger partial charge in [0.15, 0.2) is 16.9 Å². The molecular weight excluding hydrogens is 581 g/mol. The molecule has 0 bridgehead atoms. The fourth-order valence-corrected chi connectivity index (χ4v) is 5.36. The number of ether oxygens (including phenoxy) is 1. The highest BCUT2D eigenvalue weighted by Crippen LogP contribution is 2.35. The van der Waals surface area contributed by atoms with Crippen molar-refractivity contribution in [1.82, 2.24) is 24.0 Å². The Hall–Kier alpha value is -4.17. The number of halogens is 4. The van der Waals surface area contributed by atoms with E-state index in [1.807, 2.05) is 0 Å². The molecule has 3 aromatic rings. The fraction of sp³-hybridized carbons (Fsp3) is 0.370. The van der Waals surface area contributed by atoms with Crippen LogP contribution in [0.4, 0.5) is 19.1 Å². The summed E-state index contributed by atoms with van der Waals surface area (Å²) >= 11 is 6.14. The second-order valence-electron chi connectivity index (χ2n) is 10.2. The summed E-state index contributed by atoms with van der Waals surface area (Å²) in [6, 6.07) is 6.11. The van der Waals surface area contributed by atoms with Crippen LogP contribution in [0.25, 0.3) is 11.2 Å². The monoisotopic (exact) mass is 606 g/mol. The fourth-order valence-electron chi connectivity index (χ4n) is 5.12. The molecule has 0 saturated carbocycles. The molecule has 1 N–H and O–H groups in total. The van der Waals surface area contributed by atoms with Crippen LogP contribution in [0, 0.1) is 0 Å². The first-order valence-corrected chi connectivity index (χ1v) is 13.3. The van der Waals surface area contributed by atoms with Crippen LogP contribution in [0.15, 0.2) is 56.8 Å². The second kappa shape index (κ2) is 10.9. The Bertz CT molecular complexity index is 1800. The van der Waals surface area contributed by atoms with Crippen molar-refractivity contribution in [3.63, 3.8) is 0 Å². The SMILES string of the molecule is CC(C)=CC(OC(=O)C(F)(F)F)n1c(N2CCC3=C2CNC3)nc2c1c(=O)n(CC(=O)c1ccccc1Cl)c(=O)n2C. The van der Waals surface area contributed by atoms with Gasteiger partial charge in [0.05, 0.1) is 11.6 Å². The number of ketones is 1. The molecule has 0 fully saturated rings. The Morgan fingerprint density at radius 2 is 1.90 bits per heavy atom. The number of hydrogen-bond donors (Lipinski definition) is 1. The predicted octanol–water partition coefficient (Wildman–Crippen LogP) is 3.07. The third-order valence-electron chi connectivity index (χ3n) is 7.07. The number of anilines is 1. The van der Waals surface area contributed by atoms with E-state index in [1.165, 1.54) is 25.3 Å². The number of imidazole rings is 1. The van der Waals surface area contributed by atoms with Crippen molar-refractivity contribution in [2.75, 3.05) is 24.5 Å². The number of hydrogen-bond acceptors (Lipinski definition) is 8. The van der Waals surface area contributed by atoms with E-state index in [1.54, 1.807) is 30.9 Å². The van der Waals surface area contributed by atoms with Gasteiger partial charge in [-0.05, 0) is 44.1 Å². The molecule has 2 aromatic heterocycles. The molecule has 0 spiro atoms. The summed E-state index contributed by atoms with van der Waals surface area (Å²) in [6.45, 7) is 3.93. The van der Waals surface area contributed by atoms with Gasteiger partial charge in [-0.2, -0.15) is 18.2 Å². The van der Waals surface area contributed by atoms with Crippen LogP contribution >= 0.6 is 11.6 Å². The van der Waals surface area contributed by atoms with Crippen LogP contribution in [0.1, 0.15) is 36.9 Å². The number of carbonyl (C=O) groups is 2. The van der Waals surface area contributed by atoms with E-state index in [4.69, 9.17) is 16.3 Å². The number of esters is 1. The molecule has 4 heterocycles. The number of aryl methyl sites for hydroxylation is 1. The Morgan fingerprint density at radius 1 is 1.19 bits per heavy atom. The van der Waals surface area contributed by atoms with E-state index < -0.39 is 42.0 Å². The van der Waals surface area contributed by atoms with Gasteiger partial charge in [-0.1, -0.05) is 29.3 Å². The average molecular weight is 607 g/mol. The number of nitrogens with one attached hydrogen (secondary N) is 1. The van der Waals surface area contributed by atoms with E-state index in [2.05, 4.69) is 10.3 Å². The summed E-state index contributed by atoms with van der Waals surface area (Å²) in [5.74, 6) is -3.10. The van der Waals surface area contributed by atoms with Gasteiger partial charge in [0.25, 0.3) is 5.56 Å². The molecule has 15 heteroatoms. The Balaban J connectivity index is 1.77.